The average molecular weight is 616 g/mol. The van der Waals surface area contributed by atoms with Gasteiger partial charge in [0.2, 0.25) is 17.7 Å². The Hall–Kier alpha value is -2.52. The van der Waals surface area contributed by atoms with Crippen LogP contribution < -0.4 is 16.0 Å². The summed E-state index contributed by atoms with van der Waals surface area (Å²) in [6.07, 6.45) is -15.0. The van der Waals surface area contributed by atoms with Crippen molar-refractivity contribution in [1.29, 1.82) is 0 Å². The van der Waals surface area contributed by atoms with Gasteiger partial charge < -0.3 is 71.8 Å². The molecule has 0 rings (SSSR count). The fourth-order valence-corrected chi connectivity index (χ4v) is 3.44. The maximum Gasteiger partial charge on any atom is 0.328 e. The van der Waals surface area contributed by atoms with Gasteiger partial charge in [-0.1, -0.05) is 6.92 Å². The van der Waals surface area contributed by atoms with E-state index in [1.807, 2.05) is 0 Å². The number of carbonyl (C=O) groups is 4. The predicted molar refractivity (Wildman–Crippen MR) is 140 cm³/mol. The minimum absolute atomic E-state index is 0.00636. The Bertz CT molecular complexity index is 835. The number of aliphatic hydroxyl groups is 10. The number of ether oxygens (including phenoxy) is 1. The number of hydrogen-bond acceptors (Lipinski definition) is 15. The van der Waals surface area contributed by atoms with Crippen LogP contribution in [0.2, 0.25) is 0 Å². The number of nitrogens with one attached hydrogen (secondary N) is 3. The molecule has 0 bridgehead atoms. The van der Waals surface area contributed by atoms with Gasteiger partial charge in [-0.05, 0) is 12.8 Å². The molecule has 0 aliphatic carbocycles. The summed E-state index contributed by atoms with van der Waals surface area (Å²) in [5.41, 5.74) is 0. The van der Waals surface area contributed by atoms with E-state index in [1.54, 1.807) is 0 Å². The number of rotatable bonds is 21. The van der Waals surface area contributed by atoms with Gasteiger partial charge in [-0.3, -0.25) is 14.4 Å². The van der Waals surface area contributed by atoms with Crippen LogP contribution in [0.25, 0.3) is 0 Å². The predicted octanol–water partition coefficient (Wildman–Crippen LogP) is -7.06. The standard InChI is InChI=1S/C24H45N3O15/c1-11(3-5-17(34)25-7-13(30)19(36)21(38)15(32)9-28)23(40)27-12(24(41)42-2)4-6-18(35)26-8-14(31)20(37)22(39)16(33)10-29/h11-16,19-22,28-33,36-39H,3-10H2,1-2H3,(H,25,34)(H,26,35)(H,27,40)/t11-,12-,13-,14+,15+,16-,19+,20-,21+,22-/m0/s1. The maximum atomic E-state index is 12.6. The third-order valence-electron chi connectivity index (χ3n) is 6.38. The third-order valence-corrected chi connectivity index (χ3v) is 6.38. The Kier molecular flexibility index (Phi) is 19.2. The molecule has 10 atom stereocenters. The second kappa shape index (κ2) is 20.4. The van der Waals surface area contributed by atoms with Gasteiger partial charge in [0.1, 0.15) is 42.7 Å². The lowest BCUT2D eigenvalue weighted by Crippen LogP contribution is -2.50. The Balaban J connectivity index is 4.71. The zero-order chi connectivity index (χ0) is 32.6. The quantitative estimate of drug-likeness (QED) is 0.0534. The van der Waals surface area contributed by atoms with E-state index in [1.165, 1.54) is 6.92 Å². The molecule has 42 heavy (non-hydrogen) atoms. The lowest BCUT2D eigenvalue weighted by molar-refractivity contribution is -0.146. The molecular formula is C24H45N3O15. The normalized spacial score (nSPS) is 18.7. The van der Waals surface area contributed by atoms with Gasteiger partial charge in [0.15, 0.2) is 0 Å². The van der Waals surface area contributed by atoms with Crippen molar-refractivity contribution in [3.8, 4) is 0 Å². The molecular weight excluding hydrogens is 570 g/mol. The first kappa shape index (κ1) is 39.5. The highest BCUT2D eigenvalue weighted by atomic mass is 16.5. The minimum atomic E-state index is -1.88. The summed E-state index contributed by atoms with van der Waals surface area (Å²) in [6, 6.07) is -1.25. The van der Waals surface area contributed by atoms with E-state index >= 15 is 0 Å². The van der Waals surface area contributed by atoms with Crippen LogP contribution in [0.1, 0.15) is 32.6 Å². The first-order chi connectivity index (χ1) is 19.6. The van der Waals surface area contributed by atoms with E-state index < -0.39 is 111 Å². The van der Waals surface area contributed by atoms with E-state index in [9.17, 15) is 60.0 Å². The molecule has 0 radical (unpaired) electrons. The smallest absolute Gasteiger partial charge is 0.328 e. The number of carbonyl (C=O) groups excluding carboxylic acids is 4. The lowest BCUT2D eigenvalue weighted by Gasteiger charge is -2.25. The van der Waals surface area contributed by atoms with E-state index in [0.29, 0.717) is 0 Å². The Morgan fingerprint density at radius 1 is 0.643 bits per heavy atom. The molecule has 0 aromatic heterocycles. The molecule has 0 unspecified atom stereocenters. The van der Waals surface area contributed by atoms with E-state index in [4.69, 9.17) is 10.2 Å². The number of aliphatic hydroxyl groups excluding tert-OH is 10. The summed E-state index contributed by atoms with van der Waals surface area (Å²) in [5.74, 6) is -3.63. The third kappa shape index (κ3) is 14.1. The zero-order valence-corrected chi connectivity index (χ0v) is 23.4. The average Bonchev–Trinajstić information content (AvgIpc) is 2.99. The number of amides is 3. The Morgan fingerprint density at radius 2 is 1.02 bits per heavy atom. The van der Waals surface area contributed by atoms with Crippen molar-refractivity contribution in [3.05, 3.63) is 0 Å². The van der Waals surface area contributed by atoms with Crippen LogP contribution in [0.3, 0.4) is 0 Å². The molecule has 0 saturated carbocycles. The van der Waals surface area contributed by atoms with E-state index in [-0.39, 0.29) is 25.7 Å². The summed E-state index contributed by atoms with van der Waals surface area (Å²) >= 11 is 0. The summed E-state index contributed by atoms with van der Waals surface area (Å²) in [7, 11) is 1.06. The fraction of sp³-hybridized carbons (Fsp3) is 0.833. The zero-order valence-electron chi connectivity index (χ0n) is 23.4. The second-order valence-corrected chi connectivity index (χ2v) is 9.77. The van der Waals surface area contributed by atoms with Crippen LogP contribution in [0, 0.1) is 5.92 Å². The van der Waals surface area contributed by atoms with E-state index in [0.717, 1.165) is 7.11 Å². The molecule has 0 aliphatic rings. The number of methoxy groups -OCH3 is 1. The van der Waals surface area contributed by atoms with Gasteiger partial charge in [-0.15, -0.1) is 0 Å². The molecule has 0 aromatic rings. The Morgan fingerprint density at radius 3 is 1.40 bits per heavy atom. The van der Waals surface area contributed by atoms with E-state index in [2.05, 4.69) is 20.7 Å². The molecule has 246 valence electrons. The van der Waals surface area contributed by atoms with Gasteiger partial charge in [-0.2, -0.15) is 0 Å². The SMILES string of the molecule is COC(=O)[C@H](CCC(=O)NC[C@@H](O)[C@H](O)[C@@H](O)[C@@H](O)CO)NC(=O)[C@@H](C)CCC(=O)NC[C@H](O)[C@@H](O)[C@H](O)[C@H](O)CO. The van der Waals surface area contributed by atoms with Crippen LogP contribution in [-0.2, 0) is 23.9 Å². The highest BCUT2D eigenvalue weighted by Gasteiger charge is 2.32. The summed E-state index contributed by atoms with van der Waals surface area (Å²) in [6.45, 7) is -1.30. The van der Waals surface area contributed by atoms with Crippen molar-refractivity contribution in [2.45, 2.75) is 87.5 Å². The van der Waals surface area contributed by atoms with Crippen LogP contribution in [0.5, 0.6) is 0 Å². The number of esters is 1. The van der Waals surface area contributed by atoms with Crippen LogP contribution in [0.4, 0.5) is 0 Å². The summed E-state index contributed by atoms with van der Waals surface area (Å²) in [5, 5.41) is 102. The highest BCUT2D eigenvalue weighted by Crippen LogP contribution is 2.10. The molecule has 13 N–H and O–H groups in total. The molecule has 3 amide bonds. The van der Waals surface area contributed by atoms with Gasteiger partial charge >= 0.3 is 5.97 Å². The largest absolute Gasteiger partial charge is 0.467 e. The summed E-state index contributed by atoms with van der Waals surface area (Å²) < 4.78 is 4.64. The summed E-state index contributed by atoms with van der Waals surface area (Å²) in [4.78, 5) is 48.9. The topological polar surface area (TPSA) is 316 Å². The minimum Gasteiger partial charge on any atom is -0.467 e. The molecule has 0 aliphatic heterocycles. The molecule has 0 heterocycles. The van der Waals surface area contributed by atoms with Gasteiger partial charge in [0.05, 0.1) is 32.5 Å². The lowest BCUT2D eigenvalue weighted by atomic mass is 10.0. The molecule has 0 spiro atoms. The Labute approximate surface area is 241 Å². The highest BCUT2D eigenvalue weighted by molar-refractivity contribution is 5.86. The van der Waals surface area contributed by atoms with Crippen molar-refractivity contribution in [2.75, 3.05) is 33.4 Å². The molecule has 18 nitrogen and oxygen atoms in total. The van der Waals surface area contributed by atoms with Crippen LogP contribution in [0.15, 0.2) is 0 Å². The fourth-order valence-electron chi connectivity index (χ4n) is 3.44. The van der Waals surface area contributed by atoms with Crippen molar-refractivity contribution < 1.29 is 75.0 Å². The first-order valence-corrected chi connectivity index (χ1v) is 13.2. The van der Waals surface area contributed by atoms with Gasteiger partial charge in [-0.25, -0.2) is 4.79 Å². The van der Waals surface area contributed by atoms with Crippen molar-refractivity contribution in [2.24, 2.45) is 5.92 Å². The van der Waals surface area contributed by atoms with Crippen molar-refractivity contribution in [1.82, 2.24) is 16.0 Å². The van der Waals surface area contributed by atoms with Gasteiger partial charge in [0.25, 0.3) is 0 Å². The molecule has 0 fully saturated rings. The van der Waals surface area contributed by atoms with Gasteiger partial charge in [0, 0.05) is 31.8 Å². The molecule has 0 aromatic carbocycles. The molecule has 0 saturated heterocycles. The monoisotopic (exact) mass is 615 g/mol. The van der Waals surface area contributed by atoms with Crippen LogP contribution in [-0.4, -0.2) is 163 Å². The first-order valence-electron chi connectivity index (χ1n) is 13.2. The van der Waals surface area contributed by atoms with Crippen molar-refractivity contribution in [3.63, 3.8) is 0 Å². The van der Waals surface area contributed by atoms with Crippen molar-refractivity contribution >= 4 is 23.7 Å². The molecule has 18 heteroatoms. The second-order valence-electron chi connectivity index (χ2n) is 9.77. The van der Waals surface area contributed by atoms with Crippen LogP contribution >= 0.6 is 0 Å². The number of hydrogen-bond donors (Lipinski definition) is 13. The maximum absolute atomic E-state index is 12.6.